The third-order valence-corrected chi connectivity index (χ3v) is 7.50. The maximum absolute atomic E-state index is 12.7. The lowest BCUT2D eigenvalue weighted by molar-refractivity contribution is -0.120. The first kappa shape index (κ1) is 21.9. The molecule has 29 heavy (non-hydrogen) atoms. The highest BCUT2D eigenvalue weighted by molar-refractivity contribution is 7.88. The normalized spacial score (nSPS) is 15.8. The monoisotopic (exact) mass is 456 g/mol. The van der Waals surface area contributed by atoms with Gasteiger partial charge in [0.1, 0.15) is 5.75 Å². The van der Waals surface area contributed by atoms with Crippen LogP contribution in [0.5, 0.6) is 5.75 Å². The summed E-state index contributed by atoms with van der Waals surface area (Å²) in [5.41, 5.74) is 1.27. The molecule has 1 fully saturated rings. The average molecular weight is 457 g/mol. The molecule has 2 aromatic carbocycles. The Morgan fingerprint density at radius 2 is 1.76 bits per heavy atom. The van der Waals surface area contributed by atoms with Crippen molar-refractivity contribution in [3.05, 3.63) is 58.1 Å². The molecule has 1 aliphatic heterocycles. The molecule has 1 N–H and O–H groups in total. The van der Waals surface area contributed by atoms with Gasteiger partial charge in [-0.25, -0.2) is 12.7 Å². The molecular formula is C20H22Cl2N2O4S. The predicted molar refractivity (Wildman–Crippen MR) is 115 cm³/mol. The number of rotatable bonds is 6. The Kier molecular flexibility index (Phi) is 7.05. The largest absolute Gasteiger partial charge is 0.497 e. The molecule has 1 saturated heterocycles. The minimum absolute atomic E-state index is 0.100. The van der Waals surface area contributed by atoms with E-state index in [4.69, 9.17) is 27.9 Å². The van der Waals surface area contributed by atoms with Crippen LogP contribution in [0.2, 0.25) is 10.0 Å². The van der Waals surface area contributed by atoms with Crippen LogP contribution >= 0.6 is 23.2 Å². The summed E-state index contributed by atoms with van der Waals surface area (Å²) in [6.07, 6.45) is 0.950. The molecule has 156 valence electrons. The molecule has 0 radical (unpaired) electrons. The molecule has 0 aliphatic carbocycles. The lowest BCUT2D eigenvalue weighted by atomic mass is 9.97. The zero-order valence-electron chi connectivity index (χ0n) is 15.9. The maximum atomic E-state index is 12.7. The van der Waals surface area contributed by atoms with Gasteiger partial charge in [-0.3, -0.25) is 4.79 Å². The lowest BCUT2D eigenvalue weighted by Gasteiger charge is -2.30. The summed E-state index contributed by atoms with van der Waals surface area (Å²) in [6.45, 7) is 0.620. The summed E-state index contributed by atoms with van der Waals surface area (Å²) in [7, 11) is -1.92. The third kappa shape index (κ3) is 5.63. The highest BCUT2D eigenvalue weighted by Crippen LogP contribution is 2.26. The van der Waals surface area contributed by atoms with Crippen LogP contribution in [0.3, 0.4) is 0 Å². The standard InChI is InChI=1S/C20H22Cl2N2O4S/c1-28-17-5-3-16(4-6-17)23-20(25)15-8-10-24(11-9-15)29(26,27)13-14-2-7-18(21)19(22)12-14/h2-7,12,15H,8-11,13H2,1H3,(H,23,25). The van der Waals surface area contributed by atoms with Crippen molar-refractivity contribution in [2.24, 2.45) is 5.92 Å². The van der Waals surface area contributed by atoms with Gasteiger partial charge in [-0.1, -0.05) is 29.3 Å². The van der Waals surface area contributed by atoms with E-state index >= 15 is 0 Å². The first-order valence-electron chi connectivity index (χ1n) is 9.15. The number of nitrogens with zero attached hydrogens (tertiary/aromatic N) is 1. The summed E-state index contributed by atoms with van der Waals surface area (Å²) in [6, 6.07) is 11.9. The van der Waals surface area contributed by atoms with E-state index in [0.717, 1.165) is 0 Å². The minimum Gasteiger partial charge on any atom is -0.497 e. The van der Waals surface area contributed by atoms with Crippen molar-refractivity contribution in [2.75, 3.05) is 25.5 Å². The van der Waals surface area contributed by atoms with Crippen molar-refractivity contribution >= 4 is 44.8 Å². The highest BCUT2D eigenvalue weighted by atomic mass is 35.5. The number of methoxy groups -OCH3 is 1. The van der Waals surface area contributed by atoms with Crippen molar-refractivity contribution in [2.45, 2.75) is 18.6 Å². The fourth-order valence-corrected chi connectivity index (χ4v) is 5.12. The fraction of sp³-hybridized carbons (Fsp3) is 0.350. The predicted octanol–water partition coefficient (Wildman–Crippen LogP) is 4.18. The summed E-state index contributed by atoms with van der Waals surface area (Å²) in [5.74, 6) is 0.237. The molecule has 1 heterocycles. The van der Waals surface area contributed by atoms with Gasteiger partial charge < -0.3 is 10.1 Å². The van der Waals surface area contributed by atoms with Crippen molar-refractivity contribution in [3.8, 4) is 5.75 Å². The van der Waals surface area contributed by atoms with Gasteiger partial charge in [-0.2, -0.15) is 0 Å². The van der Waals surface area contributed by atoms with E-state index in [9.17, 15) is 13.2 Å². The molecule has 1 amide bonds. The van der Waals surface area contributed by atoms with Crippen LogP contribution in [-0.4, -0.2) is 38.8 Å². The molecule has 0 saturated carbocycles. The Balaban J connectivity index is 1.55. The summed E-state index contributed by atoms with van der Waals surface area (Å²) >= 11 is 11.9. The zero-order valence-corrected chi connectivity index (χ0v) is 18.2. The molecule has 1 aliphatic rings. The van der Waals surface area contributed by atoms with E-state index in [0.29, 0.717) is 53.0 Å². The number of ether oxygens (including phenoxy) is 1. The molecule has 0 aromatic heterocycles. The van der Waals surface area contributed by atoms with E-state index in [2.05, 4.69) is 5.32 Å². The Labute approximate surface area is 180 Å². The van der Waals surface area contributed by atoms with Gasteiger partial charge in [0.25, 0.3) is 0 Å². The lowest BCUT2D eigenvalue weighted by Crippen LogP contribution is -2.41. The van der Waals surface area contributed by atoms with E-state index in [1.54, 1.807) is 49.6 Å². The van der Waals surface area contributed by atoms with Gasteiger partial charge >= 0.3 is 0 Å². The van der Waals surface area contributed by atoms with Gasteiger partial charge in [0.2, 0.25) is 15.9 Å². The summed E-state index contributed by atoms with van der Waals surface area (Å²) < 4.78 is 32.0. The number of sulfonamides is 1. The molecule has 3 rings (SSSR count). The number of piperidine rings is 1. The van der Waals surface area contributed by atoms with E-state index in [1.165, 1.54) is 4.31 Å². The number of hydrogen-bond acceptors (Lipinski definition) is 4. The average Bonchev–Trinajstić information content (AvgIpc) is 2.71. The van der Waals surface area contributed by atoms with E-state index in [1.807, 2.05) is 0 Å². The van der Waals surface area contributed by atoms with Gasteiger partial charge in [0.05, 0.1) is 22.9 Å². The first-order chi connectivity index (χ1) is 13.8. The fourth-order valence-electron chi connectivity index (χ4n) is 3.25. The summed E-state index contributed by atoms with van der Waals surface area (Å²) in [4.78, 5) is 12.5. The van der Waals surface area contributed by atoms with Crippen LogP contribution in [0.1, 0.15) is 18.4 Å². The van der Waals surface area contributed by atoms with Crippen LogP contribution in [0, 0.1) is 5.92 Å². The van der Waals surface area contributed by atoms with Gasteiger partial charge in [0, 0.05) is 24.7 Å². The number of nitrogens with one attached hydrogen (secondary N) is 1. The van der Waals surface area contributed by atoms with Crippen LogP contribution in [0.25, 0.3) is 0 Å². The van der Waals surface area contributed by atoms with E-state index in [-0.39, 0.29) is 17.6 Å². The van der Waals surface area contributed by atoms with Gasteiger partial charge in [0.15, 0.2) is 0 Å². The summed E-state index contributed by atoms with van der Waals surface area (Å²) in [5, 5.41) is 3.59. The topological polar surface area (TPSA) is 75.7 Å². The van der Waals surface area contributed by atoms with Crippen molar-refractivity contribution in [1.29, 1.82) is 0 Å². The second-order valence-electron chi connectivity index (χ2n) is 6.90. The maximum Gasteiger partial charge on any atom is 0.227 e. The Bertz CT molecular complexity index is 972. The second-order valence-corrected chi connectivity index (χ2v) is 9.68. The van der Waals surface area contributed by atoms with Crippen molar-refractivity contribution in [3.63, 3.8) is 0 Å². The number of benzene rings is 2. The third-order valence-electron chi connectivity index (χ3n) is 4.91. The molecule has 6 nitrogen and oxygen atoms in total. The number of hydrogen-bond donors (Lipinski definition) is 1. The number of halogens is 2. The Hall–Kier alpha value is -1.80. The van der Waals surface area contributed by atoms with E-state index < -0.39 is 10.0 Å². The minimum atomic E-state index is -3.50. The Morgan fingerprint density at radius 1 is 1.10 bits per heavy atom. The second kappa shape index (κ2) is 9.34. The molecule has 0 spiro atoms. The molecule has 0 atom stereocenters. The van der Waals surface area contributed by atoms with Crippen LogP contribution in [0.15, 0.2) is 42.5 Å². The number of amides is 1. The molecule has 2 aromatic rings. The molecular weight excluding hydrogens is 435 g/mol. The van der Waals surface area contributed by atoms with Crippen molar-refractivity contribution in [1.82, 2.24) is 4.31 Å². The Morgan fingerprint density at radius 3 is 2.34 bits per heavy atom. The van der Waals surface area contributed by atoms with Gasteiger partial charge in [-0.15, -0.1) is 0 Å². The molecule has 0 bridgehead atoms. The smallest absolute Gasteiger partial charge is 0.227 e. The highest BCUT2D eigenvalue weighted by Gasteiger charge is 2.31. The first-order valence-corrected chi connectivity index (χ1v) is 11.5. The number of carbonyl (C=O) groups excluding carboxylic acids is 1. The molecule has 9 heteroatoms. The quantitative estimate of drug-likeness (QED) is 0.706. The van der Waals surface area contributed by atoms with Gasteiger partial charge in [-0.05, 0) is 54.8 Å². The van der Waals surface area contributed by atoms with Crippen LogP contribution < -0.4 is 10.1 Å². The molecule has 0 unspecified atom stereocenters. The number of carbonyl (C=O) groups is 1. The SMILES string of the molecule is COc1ccc(NC(=O)C2CCN(S(=O)(=O)Cc3ccc(Cl)c(Cl)c3)CC2)cc1. The zero-order chi connectivity index (χ0) is 21.0. The number of anilines is 1. The van der Waals surface area contributed by atoms with Crippen LogP contribution in [0.4, 0.5) is 5.69 Å². The van der Waals surface area contributed by atoms with Crippen molar-refractivity contribution < 1.29 is 17.9 Å². The van der Waals surface area contributed by atoms with Crippen LogP contribution in [-0.2, 0) is 20.6 Å².